The molecule has 1 saturated heterocycles. The summed E-state index contributed by atoms with van der Waals surface area (Å²) in [6.45, 7) is 2.46. The van der Waals surface area contributed by atoms with E-state index in [9.17, 15) is 18.3 Å². The molecular weight excluding hydrogens is 257 g/mol. The highest BCUT2D eigenvalue weighted by Crippen LogP contribution is 2.37. The molecule has 1 aliphatic heterocycles. The molecule has 0 unspecified atom stereocenters. The lowest BCUT2D eigenvalue weighted by atomic mass is 9.90. The van der Waals surface area contributed by atoms with E-state index in [2.05, 4.69) is 0 Å². The normalized spacial score (nSPS) is 17.8. The first kappa shape index (κ1) is 13.7. The molecule has 0 amide bonds. The number of hydrogen-bond acceptors (Lipinski definition) is 3. The number of halogens is 3. The Morgan fingerprint density at radius 2 is 2.05 bits per heavy atom. The molecule has 102 valence electrons. The van der Waals surface area contributed by atoms with E-state index in [-0.39, 0.29) is 5.56 Å². The summed E-state index contributed by atoms with van der Waals surface area (Å²) < 4.78 is 38.4. The van der Waals surface area contributed by atoms with Crippen LogP contribution in [0, 0.1) is 11.3 Å². The summed E-state index contributed by atoms with van der Waals surface area (Å²) >= 11 is 0. The van der Waals surface area contributed by atoms with Crippen LogP contribution in [0.5, 0.6) is 0 Å². The number of rotatable bonds is 2. The fourth-order valence-corrected chi connectivity index (χ4v) is 2.13. The first-order valence-corrected chi connectivity index (χ1v) is 5.88. The fourth-order valence-electron chi connectivity index (χ4n) is 2.13. The zero-order chi connectivity index (χ0) is 14.3. The number of nitriles is 1. The molecule has 0 aliphatic carbocycles. The fraction of sp³-hybridized carbons (Fsp3) is 0.462. The standard InChI is InChI=1S/C13H13F3N2O/c1-2-12(19)7-18(8-12)10-4-3-9(6-17)11(5-10)13(14,15)16/h3-5,19H,2,7-8H2,1H3. The van der Waals surface area contributed by atoms with Gasteiger partial charge in [-0.1, -0.05) is 6.92 Å². The summed E-state index contributed by atoms with van der Waals surface area (Å²) in [6, 6.07) is 5.15. The number of β-amino-alcohol motifs (C(OH)–C–C–N with tert-alkyl or cyclic N) is 1. The van der Waals surface area contributed by atoms with Crippen LogP contribution in [0.1, 0.15) is 24.5 Å². The minimum Gasteiger partial charge on any atom is -0.386 e. The molecular formula is C13H13F3N2O. The van der Waals surface area contributed by atoms with E-state index in [0.29, 0.717) is 25.2 Å². The van der Waals surface area contributed by atoms with Crippen molar-refractivity contribution in [3.05, 3.63) is 29.3 Å². The quantitative estimate of drug-likeness (QED) is 0.898. The van der Waals surface area contributed by atoms with Crippen LogP contribution in [0.25, 0.3) is 0 Å². The molecule has 1 N–H and O–H groups in total. The molecule has 0 saturated carbocycles. The topological polar surface area (TPSA) is 47.3 Å². The van der Waals surface area contributed by atoms with Gasteiger partial charge in [0.2, 0.25) is 0 Å². The molecule has 6 heteroatoms. The minimum atomic E-state index is -4.55. The molecule has 0 aromatic heterocycles. The Hall–Kier alpha value is -1.74. The van der Waals surface area contributed by atoms with Crippen LogP contribution in [0.3, 0.4) is 0 Å². The average molecular weight is 270 g/mol. The largest absolute Gasteiger partial charge is 0.417 e. The molecule has 0 atom stereocenters. The van der Waals surface area contributed by atoms with E-state index in [1.54, 1.807) is 11.0 Å². The summed E-state index contributed by atoms with van der Waals surface area (Å²) in [6.07, 6.45) is -3.99. The molecule has 0 bridgehead atoms. The van der Waals surface area contributed by atoms with Crippen LogP contribution in [-0.4, -0.2) is 23.8 Å². The van der Waals surface area contributed by atoms with Gasteiger partial charge in [-0.05, 0) is 24.6 Å². The minimum absolute atomic E-state index is 0.312. The van der Waals surface area contributed by atoms with Crippen LogP contribution in [0.15, 0.2) is 18.2 Å². The second kappa shape index (κ2) is 4.42. The molecule has 0 radical (unpaired) electrons. The molecule has 1 aromatic carbocycles. The summed E-state index contributed by atoms with van der Waals surface area (Å²) in [5.74, 6) is 0. The maximum absolute atomic E-state index is 12.8. The van der Waals surface area contributed by atoms with Crippen molar-refractivity contribution in [3.8, 4) is 6.07 Å². The SMILES string of the molecule is CCC1(O)CN(c2ccc(C#N)c(C(F)(F)F)c2)C1. The highest BCUT2D eigenvalue weighted by atomic mass is 19.4. The number of aliphatic hydroxyl groups is 1. The number of anilines is 1. The number of nitrogens with zero attached hydrogens (tertiary/aromatic N) is 2. The van der Waals surface area contributed by atoms with Crippen molar-refractivity contribution in [1.82, 2.24) is 0 Å². The highest BCUT2D eigenvalue weighted by Gasteiger charge is 2.41. The lowest BCUT2D eigenvalue weighted by molar-refractivity contribution is -0.137. The van der Waals surface area contributed by atoms with Gasteiger partial charge < -0.3 is 10.0 Å². The van der Waals surface area contributed by atoms with Crippen molar-refractivity contribution in [2.75, 3.05) is 18.0 Å². The van der Waals surface area contributed by atoms with Crippen LogP contribution >= 0.6 is 0 Å². The highest BCUT2D eigenvalue weighted by molar-refractivity contribution is 5.57. The second-order valence-electron chi connectivity index (χ2n) is 4.77. The molecule has 1 fully saturated rings. The van der Waals surface area contributed by atoms with Crippen molar-refractivity contribution < 1.29 is 18.3 Å². The lowest BCUT2D eigenvalue weighted by Gasteiger charge is -2.47. The number of benzene rings is 1. The van der Waals surface area contributed by atoms with Gasteiger partial charge in [0.15, 0.2) is 0 Å². The van der Waals surface area contributed by atoms with E-state index in [1.165, 1.54) is 12.1 Å². The van der Waals surface area contributed by atoms with Gasteiger partial charge in [-0.2, -0.15) is 18.4 Å². The van der Waals surface area contributed by atoms with Gasteiger partial charge in [-0.25, -0.2) is 0 Å². The monoisotopic (exact) mass is 270 g/mol. The third kappa shape index (κ3) is 2.51. The van der Waals surface area contributed by atoms with Gasteiger partial charge in [-0.3, -0.25) is 0 Å². The maximum Gasteiger partial charge on any atom is 0.417 e. The third-order valence-electron chi connectivity index (χ3n) is 3.42. The summed E-state index contributed by atoms with van der Waals surface area (Å²) in [4.78, 5) is 1.67. The van der Waals surface area contributed by atoms with E-state index < -0.39 is 17.3 Å². The van der Waals surface area contributed by atoms with Crippen molar-refractivity contribution in [2.45, 2.75) is 25.1 Å². The predicted octanol–water partition coefficient (Wildman–Crippen LogP) is 2.54. The van der Waals surface area contributed by atoms with Gasteiger partial charge in [0.05, 0.1) is 22.8 Å². The average Bonchev–Trinajstić information content (AvgIpc) is 2.33. The summed E-state index contributed by atoms with van der Waals surface area (Å²) in [5, 5.41) is 18.6. The van der Waals surface area contributed by atoms with Crippen LogP contribution in [0.4, 0.5) is 18.9 Å². The van der Waals surface area contributed by atoms with Crippen molar-refractivity contribution in [1.29, 1.82) is 5.26 Å². The Labute approximate surface area is 108 Å². The third-order valence-corrected chi connectivity index (χ3v) is 3.42. The number of alkyl halides is 3. The van der Waals surface area contributed by atoms with Crippen LogP contribution in [0.2, 0.25) is 0 Å². The van der Waals surface area contributed by atoms with Crippen LogP contribution in [-0.2, 0) is 6.18 Å². The molecule has 2 rings (SSSR count). The van der Waals surface area contributed by atoms with Crippen molar-refractivity contribution in [3.63, 3.8) is 0 Å². The van der Waals surface area contributed by atoms with Crippen LogP contribution < -0.4 is 4.90 Å². The second-order valence-corrected chi connectivity index (χ2v) is 4.77. The van der Waals surface area contributed by atoms with E-state index in [1.807, 2.05) is 6.92 Å². The van der Waals surface area contributed by atoms with Gasteiger partial charge in [0.25, 0.3) is 0 Å². The lowest BCUT2D eigenvalue weighted by Crippen LogP contribution is -2.61. The zero-order valence-electron chi connectivity index (χ0n) is 10.3. The van der Waals surface area contributed by atoms with E-state index >= 15 is 0 Å². The van der Waals surface area contributed by atoms with Gasteiger partial charge >= 0.3 is 6.18 Å². The van der Waals surface area contributed by atoms with E-state index in [0.717, 1.165) is 6.07 Å². The predicted molar refractivity (Wildman–Crippen MR) is 63.6 cm³/mol. The summed E-state index contributed by atoms with van der Waals surface area (Å²) in [5.41, 5.74) is -1.75. The first-order valence-electron chi connectivity index (χ1n) is 5.88. The Bertz CT molecular complexity index is 528. The Morgan fingerprint density at radius 1 is 1.42 bits per heavy atom. The molecule has 1 heterocycles. The van der Waals surface area contributed by atoms with Crippen molar-refractivity contribution in [2.24, 2.45) is 0 Å². The molecule has 1 aliphatic rings. The smallest absolute Gasteiger partial charge is 0.386 e. The Morgan fingerprint density at radius 3 is 2.53 bits per heavy atom. The Kier molecular flexibility index (Phi) is 3.19. The van der Waals surface area contributed by atoms with Gasteiger partial charge in [0, 0.05) is 18.8 Å². The maximum atomic E-state index is 12.8. The molecule has 3 nitrogen and oxygen atoms in total. The molecule has 0 spiro atoms. The zero-order valence-corrected chi connectivity index (χ0v) is 10.3. The first-order chi connectivity index (χ1) is 8.79. The Balaban J connectivity index is 2.29. The summed E-state index contributed by atoms with van der Waals surface area (Å²) in [7, 11) is 0. The van der Waals surface area contributed by atoms with Gasteiger partial charge in [-0.15, -0.1) is 0 Å². The van der Waals surface area contributed by atoms with Crippen molar-refractivity contribution >= 4 is 5.69 Å². The molecule has 1 aromatic rings. The number of hydrogen-bond donors (Lipinski definition) is 1. The molecule has 19 heavy (non-hydrogen) atoms. The van der Waals surface area contributed by atoms with Gasteiger partial charge in [0.1, 0.15) is 0 Å². The van der Waals surface area contributed by atoms with E-state index in [4.69, 9.17) is 5.26 Å².